The summed E-state index contributed by atoms with van der Waals surface area (Å²) in [6.07, 6.45) is 4.42. The van der Waals surface area contributed by atoms with Gasteiger partial charge in [0.15, 0.2) is 11.8 Å². The lowest BCUT2D eigenvalue weighted by Crippen LogP contribution is -2.34. The quantitative estimate of drug-likeness (QED) is 0.191. The number of oxazole rings is 1. The number of aliphatic carboxylic acids is 1. The molecule has 35 heavy (non-hydrogen) atoms. The number of rotatable bonds is 8. The summed E-state index contributed by atoms with van der Waals surface area (Å²) in [6, 6.07) is 17.7. The van der Waals surface area contributed by atoms with E-state index in [1.54, 1.807) is 24.3 Å². The Hall–Kier alpha value is -3.82. The van der Waals surface area contributed by atoms with Gasteiger partial charge in [-0.05, 0) is 18.9 Å². The van der Waals surface area contributed by atoms with Crippen LogP contribution in [0.3, 0.4) is 0 Å². The van der Waals surface area contributed by atoms with E-state index in [4.69, 9.17) is 9.52 Å². The third-order valence-corrected chi connectivity index (χ3v) is 6.95. The summed E-state index contributed by atoms with van der Waals surface area (Å²) in [7, 11) is -4.71. The number of hydrogen-bond acceptors (Lipinski definition) is 6. The van der Waals surface area contributed by atoms with Gasteiger partial charge in [-0.3, -0.25) is 4.79 Å². The molecule has 0 aliphatic rings. The van der Waals surface area contributed by atoms with Crippen LogP contribution in [-0.4, -0.2) is 29.0 Å². The summed E-state index contributed by atoms with van der Waals surface area (Å²) in [4.78, 5) is 15.1. The van der Waals surface area contributed by atoms with Crippen molar-refractivity contribution in [2.24, 2.45) is 0 Å². The minimum Gasteiger partial charge on any atom is -0.744 e. The molecule has 9 heteroatoms. The van der Waals surface area contributed by atoms with Gasteiger partial charge in [-0.15, -0.1) is 0 Å². The van der Waals surface area contributed by atoms with Gasteiger partial charge in [-0.1, -0.05) is 36.4 Å². The summed E-state index contributed by atoms with van der Waals surface area (Å²) in [5.41, 5.74) is 2.43. The van der Waals surface area contributed by atoms with Crippen LogP contribution in [0.4, 0.5) is 0 Å². The van der Waals surface area contributed by atoms with E-state index >= 15 is 0 Å². The lowest BCUT2D eigenvalue weighted by molar-refractivity contribution is -0.671. The molecule has 2 heterocycles. The molecule has 0 bridgehead atoms. The molecule has 5 rings (SSSR count). The Kier molecular flexibility index (Phi) is 5.96. The Morgan fingerprint density at radius 3 is 2.43 bits per heavy atom. The largest absolute Gasteiger partial charge is 0.744 e. The number of hydrogen-bond donors (Lipinski definition) is 1. The second-order valence-corrected chi connectivity index (χ2v) is 9.73. The molecule has 0 aliphatic carbocycles. The smallest absolute Gasteiger partial charge is 0.303 e. The van der Waals surface area contributed by atoms with Gasteiger partial charge in [0.2, 0.25) is 11.4 Å². The zero-order chi connectivity index (χ0) is 24.6. The van der Waals surface area contributed by atoms with Crippen molar-refractivity contribution in [3.63, 3.8) is 0 Å². The fourth-order valence-electron chi connectivity index (χ4n) is 4.45. The summed E-state index contributed by atoms with van der Waals surface area (Å²) in [6.45, 7) is 0.739. The van der Waals surface area contributed by atoms with E-state index in [-0.39, 0.29) is 16.9 Å². The lowest BCUT2D eigenvalue weighted by Gasteiger charge is -2.10. The van der Waals surface area contributed by atoms with Gasteiger partial charge in [0.1, 0.15) is 22.2 Å². The second kappa shape index (κ2) is 9.09. The highest BCUT2D eigenvalue weighted by atomic mass is 32.2. The van der Waals surface area contributed by atoms with Crippen LogP contribution in [0.1, 0.15) is 25.7 Å². The predicted molar refractivity (Wildman–Crippen MR) is 129 cm³/mol. The maximum absolute atomic E-state index is 11.9. The van der Waals surface area contributed by atoms with Gasteiger partial charge in [0.05, 0.1) is 15.8 Å². The molecule has 0 saturated heterocycles. The molecule has 0 aliphatic heterocycles. The van der Waals surface area contributed by atoms with Crippen molar-refractivity contribution in [1.82, 2.24) is 4.98 Å². The molecular weight excluding hydrogens is 468 g/mol. The molecule has 0 fully saturated rings. The first-order valence-corrected chi connectivity index (χ1v) is 12.7. The first-order valence-electron chi connectivity index (χ1n) is 11.2. The number of nitrogens with zero attached hydrogens (tertiary/aromatic N) is 2. The maximum Gasteiger partial charge on any atom is 0.303 e. The van der Waals surface area contributed by atoms with E-state index in [9.17, 15) is 17.8 Å². The van der Waals surface area contributed by atoms with Crippen molar-refractivity contribution in [3.05, 3.63) is 66.9 Å². The van der Waals surface area contributed by atoms with E-state index in [0.717, 1.165) is 35.9 Å². The highest BCUT2D eigenvalue weighted by Gasteiger charge is 2.20. The normalized spacial score (nSPS) is 12.0. The second-order valence-electron chi connectivity index (χ2n) is 8.38. The number of aromatic nitrogens is 2. The minimum atomic E-state index is -4.71. The molecular formula is C26H22N2O6S. The molecule has 178 valence electrons. The summed E-state index contributed by atoms with van der Waals surface area (Å²) >= 11 is 0. The molecule has 0 radical (unpaired) electrons. The molecule has 0 unspecified atom stereocenters. The molecule has 5 aromatic rings. The monoisotopic (exact) mass is 490 g/mol. The number of carboxylic acids is 1. The number of para-hydroxylation sites is 1. The number of carboxylic acid groups (broad SMARTS) is 1. The zero-order valence-electron chi connectivity index (χ0n) is 18.7. The first kappa shape index (κ1) is 22.9. The van der Waals surface area contributed by atoms with Gasteiger partial charge < -0.3 is 14.1 Å². The predicted octanol–water partition coefficient (Wildman–Crippen LogP) is 4.64. The van der Waals surface area contributed by atoms with E-state index in [1.165, 1.54) is 6.07 Å². The average molecular weight is 491 g/mol. The van der Waals surface area contributed by atoms with Crippen molar-refractivity contribution in [2.75, 3.05) is 0 Å². The molecule has 2 aromatic heterocycles. The fraction of sp³-hybridized carbons (Fsp3) is 0.192. The standard InChI is InChI=1S/C26H22N2O6S/c29-24(30)12-2-1-7-14-28-15-13-20(17-8-5-6-11-21(17)28)26-27-25-19-10-4-3-9-18(19)23(35(31,32)33)16-22(25)34-26/h3-6,8-11,13,15-16H,1-2,7,12,14H2,(H-,29,30,31,32,33). The van der Waals surface area contributed by atoms with Crippen molar-refractivity contribution >= 4 is 48.9 Å². The Morgan fingerprint density at radius 1 is 0.971 bits per heavy atom. The molecule has 0 atom stereocenters. The van der Waals surface area contributed by atoms with Gasteiger partial charge in [-0.25, -0.2) is 13.4 Å². The molecule has 0 amide bonds. The minimum absolute atomic E-state index is 0.173. The van der Waals surface area contributed by atoms with Gasteiger partial charge in [0.25, 0.3) is 0 Å². The summed E-state index contributed by atoms with van der Waals surface area (Å²) in [5.74, 6) is -0.450. The molecule has 0 saturated carbocycles. The third-order valence-electron chi connectivity index (χ3n) is 6.08. The van der Waals surface area contributed by atoms with E-state index in [0.29, 0.717) is 28.6 Å². The van der Waals surface area contributed by atoms with Crippen molar-refractivity contribution in [1.29, 1.82) is 0 Å². The number of carbonyl (C=O) groups is 1. The van der Waals surface area contributed by atoms with Crippen LogP contribution < -0.4 is 4.57 Å². The van der Waals surface area contributed by atoms with Crippen LogP contribution in [0.25, 0.3) is 44.2 Å². The summed E-state index contributed by atoms with van der Waals surface area (Å²) in [5, 5.41) is 10.6. The maximum atomic E-state index is 11.9. The molecule has 8 nitrogen and oxygen atoms in total. The van der Waals surface area contributed by atoms with Gasteiger partial charge >= 0.3 is 5.97 Å². The van der Waals surface area contributed by atoms with Crippen LogP contribution in [0.5, 0.6) is 0 Å². The Balaban J connectivity index is 1.58. The van der Waals surface area contributed by atoms with Gasteiger partial charge in [0, 0.05) is 41.8 Å². The Morgan fingerprint density at radius 2 is 1.69 bits per heavy atom. The number of pyridine rings is 1. The average Bonchev–Trinajstić information content (AvgIpc) is 3.27. The SMILES string of the molecule is O=C(O)CCCCC[n+]1ccc(-c2nc3c(cc(S(=O)(=O)[O-])c4ccccc43)o2)c2ccccc21. The van der Waals surface area contributed by atoms with Crippen LogP contribution >= 0.6 is 0 Å². The Labute approximate surface area is 201 Å². The zero-order valence-corrected chi connectivity index (χ0v) is 19.5. The van der Waals surface area contributed by atoms with E-state index < -0.39 is 16.1 Å². The fourth-order valence-corrected chi connectivity index (χ4v) is 5.15. The third kappa shape index (κ3) is 4.48. The number of benzene rings is 3. The molecule has 0 spiro atoms. The topological polar surface area (TPSA) is 124 Å². The van der Waals surface area contributed by atoms with Crippen LogP contribution in [0.2, 0.25) is 0 Å². The number of unbranched alkanes of at least 4 members (excludes halogenated alkanes) is 2. The van der Waals surface area contributed by atoms with E-state index in [2.05, 4.69) is 9.55 Å². The number of aryl methyl sites for hydroxylation is 1. The summed E-state index contributed by atoms with van der Waals surface area (Å²) < 4.78 is 43.8. The first-order chi connectivity index (χ1) is 16.8. The van der Waals surface area contributed by atoms with Crippen LogP contribution in [0.15, 0.2) is 76.2 Å². The van der Waals surface area contributed by atoms with Crippen molar-refractivity contribution < 1.29 is 31.9 Å². The van der Waals surface area contributed by atoms with E-state index in [1.807, 2.05) is 36.5 Å². The van der Waals surface area contributed by atoms with Crippen molar-refractivity contribution in [3.8, 4) is 11.5 Å². The van der Waals surface area contributed by atoms with Gasteiger partial charge in [-0.2, -0.15) is 4.57 Å². The molecule has 3 aromatic carbocycles. The lowest BCUT2D eigenvalue weighted by atomic mass is 10.1. The van der Waals surface area contributed by atoms with Crippen LogP contribution in [-0.2, 0) is 21.5 Å². The number of fused-ring (bicyclic) bond motifs is 4. The highest BCUT2D eigenvalue weighted by Crippen LogP contribution is 2.35. The Bertz CT molecular complexity index is 1690. The van der Waals surface area contributed by atoms with Crippen molar-refractivity contribution in [2.45, 2.75) is 37.1 Å². The molecule has 1 N–H and O–H groups in total. The highest BCUT2D eigenvalue weighted by molar-refractivity contribution is 7.86. The van der Waals surface area contributed by atoms with Crippen LogP contribution in [0, 0.1) is 0 Å².